The lowest BCUT2D eigenvalue weighted by Crippen LogP contribution is -2.26. The second kappa shape index (κ2) is 6.99. The van der Waals surface area contributed by atoms with E-state index >= 15 is 0 Å². The van der Waals surface area contributed by atoms with E-state index in [2.05, 4.69) is 4.98 Å². The van der Waals surface area contributed by atoms with Gasteiger partial charge in [-0.1, -0.05) is 0 Å². The van der Waals surface area contributed by atoms with Crippen molar-refractivity contribution in [3.8, 4) is 0 Å². The molecule has 27 heavy (non-hydrogen) atoms. The molecular formula is C18H19N3O5S. The lowest BCUT2D eigenvalue weighted by molar-refractivity contribution is 0.0598. The average Bonchev–Trinajstić information content (AvgIpc) is 3.17. The highest BCUT2D eigenvalue weighted by Gasteiger charge is 2.23. The predicted octanol–water partition coefficient (Wildman–Crippen LogP) is 2.26. The third-order valence-electron chi connectivity index (χ3n) is 4.32. The zero-order valence-electron chi connectivity index (χ0n) is 15.7. The van der Waals surface area contributed by atoms with Gasteiger partial charge in [-0.05, 0) is 25.5 Å². The molecule has 0 radical (unpaired) electrons. The third kappa shape index (κ3) is 3.25. The van der Waals surface area contributed by atoms with E-state index in [0.29, 0.717) is 37.7 Å². The van der Waals surface area contributed by atoms with Gasteiger partial charge in [0.15, 0.2) is 0 Å². The van der Waals surface area contributed by atoms with Gasteiger partial charge in [-0.25, -0.2) is 9.78 Å². The molecule has 3 heterocycles. The van der Waals surface area contributed by atoms with Gasteiger partial charge in [-0.15, -0.1) is 11.3 Å². The van der Waals surface area contributed by atoms with Crippen LogP contribution in [-0.2, 0) is 18.3 Å². The van der Waals surface area contributed by atoms with Crippen LogP contribution in [0.1, 0.15) is 37.1 Å². The van der Waals surface area contributed by atoms with Crippen molar-refractivity contribution < 1.29 is 18.7 Å². The molecule has 0 saturated heterocycles. The number of carbonyl (C=O) groups excluding carboxylic acids is 2. The summed E-state index contributed by atoms with van der Waals surface area (Å²) in [4.78, 5) is 43.6. The van der Waals surface area contributed by atoms with Crippen molar-refractivity contribution in [1.82, 2.24) is 14.5 Å². The van der Waals surface area contributed by atoms with Crippen molar-refractivity contribution in [2.45, 2.75) is 20.4 Å². The smallest absolute Gasteiger partial charge is 0.341 e. The number of rotatable bonds is 4. The number of methoxy groups -OCH3 is 1. The molecule has 3 rings (SSSR count). The van der Waals surface area contributed by atoms with Gasteiger partial charge >= 0.3 is 5.97 Å². The molecule has 0 N–H and O–H groups in total. The Morgan fingerprint density at radius 3 is 2.74 bits per heavy atom. The standard InChI is InChI=1S/C18H19N3O5S/c1-9-13-15(19-8-21(4)16(13)22)27-14(9)17(23)20(3)7-11-6-12(10(2)26-11)18(24)25-5/h6,8H,7H2,1-5H3. The fourth-order valence-electron chi connectivity index (χ4n) is 2.83. The van der Waals surface area contributed by atoms with Gasteiger partial charge in [0, 0.05) is 14.1 Å². The number of aromatic nitrogens is 2. The van der Waals surface area contributed by atoms with E-state index in [9.17, 15) is 14.4 Å². The minimum absolute atomic E-state index is 0.176. The normalized spacial score (nSPS) is 11.0. The number of carbonyl (C=O) groups is 2. The van der Waals surface area contributed by atoms with Crippen molar-refractivity contribution in [3.05, 3.63) is 50.3 Å². The number of fused-ring (bicyclic) bond motifs is 1. The van der Waals surface area contributed by atoms with E-state index in [0.717, 1.165) is 0 Å². The first-order valence-electron chi connectivity index (χ1n) is 8.12. The molecule has 1 amide bonds. The van der Waals surface area contributed by atoms with E-state index in [1.54, 1.807) is 34.0 Å². The Morgan fingerprint density at radius 1 is 1.37 bits per heavy atom. The summed E-state index contributed by atoms with van der Waals surface area (Å²) in [5, 5.41) is 0.462. The first-order valence-corrected chi connectivity index (χ1v) is 8.94. The van der Waals surface area contributed by atoms with Crippen molar-refractivity contribution in [2.75, 3.05) is 14.2 Å². The van der Waals surface area contributed by atoms with Gasteiger partial charge in [0.05, 0.1) is 30.2 Å². The fourth-order valence-corrected chi connectivity index (χ4v) is 3.96. The zero-order chi connectivity index (χ0) is 19.9. The number of nitrogens with zero attached hydrogens (tertiary/aromatic N) is 3. The summed E-state index contributed by atoms with van der Waals surface area (Å²) < 4.78 is 11.7. The van der Waals surface area contributed by atoms with Gasteiger partial charge < -0.3 is 18.6 Å². The highest BCUT2D eigenvalue weighted by atomic mass is 32.1. The maximum absolute atomic E-state index is 12.9. The Morgan fingerprint density at radius 2 is 2.07 bits per heavy atom. The SMILES string of the molecule is COC(=O)c1cc(CN(C)C(=O)c2sc3ncn(C)c(=O)c3c2C)oc1C. The molecule has 0 aliphatic rings. The minimum atomic E-state index is -0.487. The lowest BCUT2D eigenvalue weighted by Gasteiger charge is -2.15. The number of amides is 1. The predicted molar refractivity (Wildman–Crippen MR) is 100 cm³/mol. The summed E-state index contributed by atoms with van der Waals surface area (Å²) in [5.41, 5.74) is 0.769. The van der Waals surface area contributed by atoms with Crippen LogP contribution in [0, 0.1) is 13.8 Å². The van der Waals surface area contributed by atoms with E-state index < -0.39 is 5.97 Å². The van der Waals surface area contributed by atoms with E-state index in [-0.39, 0.29) is 18.0 Å². The summed E-state index contributed by atoms with van der Waals surface area (Å²) in [6.07, 6.45) is 1.44. The van der Waals surface area contributed by atoms with Crippen LogP contribution in [0.4, 0.5) is 0 Å². The van der Waals surface area contributed by atoms with Crippen LogP contribution in [0.25, 0.3) is 10.2 Å². The third-order valence-corrected chi connectivity index (χ3v) is 5.51. The number of aryl methyl sites for hydroxylation is 3. The maximum Gasteiger partial charge on any atom is 0.341 e. The Labute approximate surface area is 159 Å². The van der Waals surface area contributed by atoms with Crippen LogP contribution in [0.2, 0.25) is 0 Å². The van der Waals surface area contributed by atoms with Gasteiger partial charge in [0.2, 0.25) is 0 Å². The number of ether oxygens (including phenoxy) is 1. The second-order valence-corrected chi connectivity index (χ2v) is 7.23. The van der Waals surface area contributed by atoms with Crippen molar-refractivity contribution in [2.24, 2.45) is 7.05 Å². The van der Waals surface area contributed by atoms with Gasteiger partial charge in [0.25, 0.3) is 11.5 Å². The number of thiophene rings is 1. The summed E-state index contributed by atoms with van der Waals surface area (Å²) in [5.74, 6) is 0.171. The molecule has 0 unspecified atom stereocenters. The molecular weight excluding hydrogens is 370 g/mol. The molecule has 0 aliphatic heterocycles. The van der Waals surface area contributed by atoms with Gasteiger partial charge in [0.1, 0.15) is 21.9 Å². The Kier molecular flexibility index (Phi) is 4.88. The molecule has 0 fully saturated rings. The Bertz CT molecular complexity index is 1110. The summed E-state index contributed by atoms with van der Waals surface area (Å²) in [6, 6.07) is 1.57. The van der Waals surface area contributed by atoms with Crippen molar-refractivity contribution in [1.29, 1.82) is 0 Å². The first kappa shape index (κ1) is 18.8. The van der Waals surface area contributed by atoms with E-state index in [4.69, 9.17) is 9.15 Å². The molecule has 142 valence electrons. The van der Waals surface area contributed by atoms with Crippen LogP contribution >= 0.6 is 11.3 Å². The summed E-state index contributed by atoms with van der Waals surface area (Å²) in [7, 11) is 4.55. The molecule has 0 spiro atoms. The monoisotopic (exact) mass is 389 g/mol. The largest absolute Gasteiger partial charge is 0.465 e. The Hall–Kier alpha value is -2.94. The van der Waals surface area contributed by atoms with Crippen molar-refractivity contribution >= 4 is 33.4 Å². The van der Waals surface area contributed by atoms with E-state index in [1.165, 1.54) is 34.2 Å². The van der Waals surface area contributed by atoms with Crippen LogP contribution in [0.3, 0.4) is 0 Å². The molecule has 0 saturated carbocycles. The minimum Gasteiger partial charge on any atom is -0.465 e. The topological polar surface area (TPSA) is 94.6 Å². The van der Waals surface area contributed by atoms with E-state index in [1.807, 2.05) is 0 Å². The molecule has 3 aromatic rings. The lowest BCUT2D eigenvalue weighted by atomic mass is 10.2. The molecule has 0 bridgehead atoms. The molecule has 8 nitrogen and oxygen atoms in total. The molecule has 9 heteroatoms. The first-order chi connectivity index (χ1) is 12.7. The summed E-state index contributed by atoms with van der Waals surface area (Å²) in [6.45, 7) is 3.58. The molecule has 0 atom stereocenters. The highest BCUT2D eigenvalue weighted by molar-refractivity contribution is 7.20. The number of hydrogen-bond donors (Lipinski definition) is 0. The van der Waals surface area contributed by atoms with Gasteiger partial charge in [-0.2, -0.15) is 0 Å². The van der Waals surface area contributed by atoms with Crippen LogP contribution in [-0.4, -0.2) is 40.5 Å². The highest BCUT2D eigenvalue weighted by Crippen LogP contribution is 2.28. The zero-order valence-corrected chi connectivity index (χ0v) is 16.5. The van der Waals surface area contributed by atoms with Crippen molar-refractivity contribution in [3.63, 3.8) is 0 Å². The van der Waals surface area contributed by atoms with Gasteiger partial charge in [-0.3, -0.25) is 9.59 Å². The summed E-state index contributed by atoms with van der Waals surface area (Å²) >= 11 is 1.19. The van der Waals surface area contributed by atoms with Crippen LogP contribution in [0.5, 0.6) is 0 Å². The molecule has 0 aromatic carbocycles. The second-order valence-electron chi connectivity index (χ2n) is 6.23. The molecule has 0 aliphatic carbocycles. The number of esters is 1. The fraction of sp³-hybridized carbons (Fsp3) is 0.333. The molecule has 3 aromatic heterocycles. The average molecular weight is 389 g/mol. The number of furan rings is 1. The van der Waals surface area contributed by atoms with Crippen LogP contribution in [0.15, 0.2) is 21.6 Å². The quantitative estimate of drug-likeness (QED) is 0.635. The Balaban J connectivity index is 1.89. The maximum atomic E-state index is 12.9. The van der Waals surface area contributed by atoms with Crippen LogP contribution < -0.4 is 5.56 Å². The number of hydrogen-bond acceptors (Lipinski definition) is 7.